The van der Waals surface area contributed by atoms with Crippen LogP contribution in [0.4, 0.5) is 17.6 Å². The molecule has 0 radical (unpaired) electrons. The third kappa shape index (κ3) is 3.47. The second-order valence-electron chi connectivity index (χ2n) is 4.39. The van der Waals surface area contributed by atoms with Crippen molar-refractivity contribution in [2.45, 2.75) is 19.1 Å². The first kappa shape index (κ1) is 16.4. The van der Waals surface area contributed by atoms with Gasteiger partial charge in [-0.1, -0.05) is 6.07 Å². The third-order valence-corrected chi connectivity index (χ3v) is 2.92. The van der Waals surface area contributed by atoms with E-state index in [1.54, 1.807) is 6.92 Å². The molecule has 0 aromatic heterocycles. The molecule has 0 aliphatic rings. The molecule has 0 heterocycles. The molecular weight excluding hydrogens is 278 g/mol. The summed E-state index contributed by atoms with van der Waals surface area (Å²) in [7, 11) is 2.81. The molecule has 3 nitrogen and oxygen atoms in total. The van der Waals surface area contributed by atoms with Crippen molar-refractivity contribution >= 4 is 5.91 Å². The summed E-state index contributed by atoms with van der Waals surface area (Å²) in [6.07, 6.45) is -4.84. The number of hydrogen-bond acceptors (Lipinski definition) is 2. The Morgan fingerprint density at radius 1 is 1.40 bits per heavy atom. The van der Waals surface area contributed by atoms with Crippen molar-refractivity contribution in [3.8, 4) is 0 Å². The molecule has 1 unspecified atom stereocenters. The van der Waals surface area contributed by atoms with Crippen molar-refractivity contribution in [1.82, 2.24) is 4.90 Å². The average Bonchev–Trinajstić information content (AvgIpc) is 2.36. The molecule has 0 saturated carbocycles. The molecule has 1 rings (SSSR count). The lowest BCUT2D eigenvalue weighted by Gasteiger charge is -2.25. The number of halogens is 4. The van der Waals surface area contributed by atoms with E-state index in [1.165, 1.54) is 14.2 Å². The predicted octanol–water partition coefficient (Wildman–Crippen LogP) is 2.95. The molecule has 1 amide bonds. The summed E-state index contributed by atoms with van der Waals surface area (Å²) in [5.41, 5.74) is -2.05. The highest BCUT2D eigenvalue weighted by Gasteiger charge is 2.36. The maximum atomic E-state index is 13.8. The van der Waals surface area contributed by atoms with Gasteiger partial charge in [-0.3, -0.25) is 4.79 Å². The normalized spacial score (nSPS) is 13.2. The Morgan fingerprint density at radius 3 is 2.50 bits per heavy atom. The van der Waals surface area contributed by atoms with Crippen molar-refractivity contribution in [2.24, 2.45) is 0 Å². The Balaban J connectivity index is 3.12. The number of carbonyl (C=O) groups excluding carboxylic acids is 1. The number of alkyl halides is 3. The molecule has 0 spiro atoms. The van der Waals surface area contributed by atoms with Crippen LogP contribution in [0.1, 0.15) is 22.8 Å². The lowest BCUT2D eigenvalue weighted by molar-refractivity contribution is -0.140. The van der Waals surface area contributed by atoms with E-state index in [9.17, 15) is 22.4 Å². The second-order valence-corrected chi connectivity index (χ2v) is 4.39. The Hall–Kier alpha value is -1.63. The summed E-state index contributed by atoms with van der Waals surface area (Å²) in [5, 5.41) is 0. The minimum atomic E-state index is -4.84. The fourth-order valence-electron chi connectivity index (χ4n) is 1.66. The van der Waals surface area contributed by atoms with Gasteiger partial charge in [-0.15, -0.1) is 0 Å². The zero-order valence-electron chi connectivity index (χ0n) is 11.3. The fourth-order valence-corrected chi connectivity index (χ4v) is 1.66. The van der Waals surface area contributed by atoms with Gasteiger partial charge < -0.3 is 9.64 Å². The molecule has 0 N–H and O–H groups in total. The number of ether oxygens (including phenoxy) is 1. The first-order chi connectivity index (χ1) is 9.20. The van der Waals surface area contributed by atoms with E-state index < -0.39 is 29.0 Å². The molecule has 0 saturated heterocycles. The predicted molar refractivity (Wildman–Crippen MR) is 64.8 cm³/mol. The number of hydrogen-bond donors (Lipinski definition) is 0. The zero-order chi connectivity index (χ0) is 15.5. The van der Waals surface area contributed by atoms with Gasteiger partial charge in [-0.2, -0.15) is 13.2 Å². The summed E-state index contributed by atoms with van der Waals surface area (Å²) in [4.78, 5) is 13.2. The maximum absolute atomic E-state index is 13.8. The van der Waals surface area contributed by atoms with Gasteiger partial charge in [0.2, 0.25) is 0 Å². The number of nitrogens with zero attached hydrogens (tertiary/aromatic N) is 1. The Morgan fingerprint density at radius 2 is 2.00 bits per heavy atom. The number of carbonyl (C=O) groups is 1. The van der Waals surface area contributed by atoms with Crippen LogP contribution in [0.5, 0.6) is 0 Å². The van der Waals surface area contributed by atoms with E-state index in [0.29, 0.717) is 6.07 Å². The van der Waals surface area contributed by atoms with Crippen LogP contribution in [-0.2, 0) is 10.9 Å². The number of rotatable bonds is 4. The molecule has 20 heavy (non-hydrogen) atoms. The lowest BCUT2D eigenvalue weighted by atomic mass is 10.1. The van der Waals surface area contributed by atoms with Crippen LogP contribution in [0.25, 0.3) is 0 Å². The minimum absolute atomic E-state index is 0.197. The van der Waals surface area contributed by atoms with E-state index in [-0.39, 0.29) is 12.6 Å². The minimum Gasteiger partial charge on any atom is -0.383 e. The van der Waals surface area contributed by atoms with Crippen molar-refractivity contribution < 1.29 is 27.1 Å². The van der Waals surface area contributed by atoms with Crippen molar-refractivity contribution in [1.29, 1.82) is 0 Å². The summed E-state index contributed by atoms with van der Waals surface area (Å²) >= 11 is 0. The topological polar surface area (TPSA) is 29.5 Å². The summed E-state index contributed by atoms with van der Waals surface area (Å²) in [6.45, 7) is 1.84. The Bertz CT molecular complexity index is 488. The highest BCUT2D eigenvalue weighted by molar-refractivity contribution is 5.94. The third-order valence-electron chi connectivity index (χ3n) is 2.92. The average molecular weight is 293 g/mol. The molecule has 0 bridgehead atoms. The van der Waals surface area contributed by atoms with Crippen LogP contribution in [-0.4, -0.2) is 37.6 Å². The SMILES string of the molecule is COCC(C)N(C)C(=O)c1cccc(C(F)(F)F)c1F. The number of likely N-dealkylation sites (N-methyl/N-ethyl adjacent to an activating group) is 1. The highest BCUT2D eigenvalue weighted by atomic mass is 19.4. The molecule has 0 aliphatic carbocycles. The Kier molecular flexibility index (Phi) is 5.10. The molecule has 0 fully saturated rings. The van der Waals surface area contributed by atoms with Crippen LogP contribution in [0, 0.1) is 5.82 Å². The van der Waals surface area contributed by atoms with Gasteiger partial charge in [0.15, 0.2) is 0 Å². The Labute approximate surface area is 114 Å². The van der Waals surface area contributed by atoms with Crippen LogP contribution < -0.4 is 0 Å². The smallest absolute Gasteiger partial charge is 0.383 e. The van der Waals surface area contributed by atoms with Crippen LogP contribution in [0.15, 0.2) is 18.2 Å². The van der Waals surface area contributed by atoms with Gasteiger partial charge in [0.05, 0.1) is 23.8 Å². The highest BCUT2D eigenvalue weighted by Crippen LogP contribution is 2.32. The number of methoxy groups -OCH3 is 1. The summed E-state index contributed by atoms with van der Waals surface area (Å²) < 4.78 is 56.4. The molecule has 0 aliphatic heterocycles. The van der Waals surface area contributed by atoms with E-state index in [2.05, 4.69) is 0 Å². The van der Waals surface area contributed by atoms with Gasteiger partial charge in [0.1, 0.15) is 5.82 Å². The lowest BCUT2D eigenvalue weighted by Crippen LogP contribution is -2.38. The quantitative estimate of drug-likeness (QED) is 0.799. The van der Waals surface area contributed by atoms with E-state index in [0.717, 1.165) is 17.0 Å². The van der Waals surface area contributed by atoms with E-state index in [1.807, 2.05) is 0 Å². The van der Waals surface area contributed by atoms with Gasteiger partial charge in [0.25, 0.3) is 5.91 Å². The largest absolute Gasteiger partial charge is 0.419 e. The number of amides is 1. The first-order valence-electron chi connectivity index (χ1n) is 5.82. The first-order valence-corrected chi connectivity index (χ1v) is 5.82. The molecule has 1 aromatic rings. The van der Waals surface area contributed by atoms with Gasteiger partial charge in [-0.05, 0) is 19.1 Å². The fraction of sp³-hybridized carbons (Fsp3) is 0.462. The monoisotopic (exact) mass is 293 g/mol. The zero-order valence-corrected chi connectivity index (χ0v) is 11.3. The molecule has 7 heteroatoms. The van der Waals surface area contributed by atoms with Crippen molar-refractivity contribution in [3.05, 3.63) is 35.1 Å². The summed E-state index contributed by atoms with van der Waals surface area (Å²) in [6, 6.07) is 2.25. The maximum Gasteiger partial charge on any atom is 0.419 e. The molecular formula is C13H15F4NO2. The van der Waals surface area contributed by atoms with Gasteiger partial charge >= 0.3 is 6.18 Å². The molecule has 112 valence electrons. The second kappa shape index (κ2) is 6.21. The van der Waals surface area contributed by atoms with Crippen molar-refractivity contribution in [2.75, 3.05) is 20.8 Å². The standard InChI is InChI=1S/C13H15F4NO2/c1-8(7-20-3)18(2)12(19)9-5-4-6-10(11(9)14)13(15,16)17/h4-6,8H,7H2,1-3H3. The van der Waals surface area contributed by atoms with E-state index >= 15 is 0 Å². The van der Waals surface area contributed by atoms with Gasteiger partial charge in [0, 0.05) is 14.2 Å². The van der Waals surface area contributed by atoms with E-state index in [4.69, 9.17) is 4.74 Å². The van der Waals surface area contributed by atoms with Crippen LogP contribution in [0.2, 0.25) is 0 Å². The number of benzene rings is 1. The van der Waals surface area contributed by atoms with Crippen LogP contribution >= 0.6 is 0 Å². The summed E-state index contributed by atoms with van der Waals surface area (Å²) in [5.74, 6) is -2.38. The van der Waals surface area contributed by atoms with Gasteiger partial charge in [-0.25, -0.2) is 4.39 Å². The molecule has 1 aromatic carbocycles. The van der Waals surface area contributed by atoms with Crippen LogP contribution in [0.3, 0.4) is 0 Å². The van der Waals surface area contributed by atoms with Crippen molar-refractivity contribution in [3.63, 3.8) is 0 Å². The molecule has 1 atom stereocenters.